The Hall–Kier alpha value is -3.24. The number of nitrogens with zero attached hydrogens (tertiary/aromatic N) is 3. The molecule has 1 aromatic carbocycles. The highest BCUT2D eigenvalue weighted by Crippen LogP contribution is 2.28. The van der Waals surface area contributed by atoms with Crippen molar-refractivity contribution in [1.82, 2.24) is 20.3 Å². The average Bonchev–Trinajstić information content (AvgIpc) is 3.21. The van der Waals surface area contributed by atoms with Gasteiger partial charge in [0.2, 0.25) is 5.95 Å². The van der Waals surface area contributed by atoms with Gasteiger partial charge in [-0.2, -0.15) is 0 Å². The van der Waals surface area contributed by atoms with E-state index < -0.39 is 11.7 Å². The fourth-order valence-corrected chi connectivity index (χ4v) is 3.74. The molecule has 3 N–H and O–H groups in total. The minimum atomic E-state index is -0.522. The molecular formula is C23H30N6O3S. The van der Waals surface area contributed by atoms with Gasteiger partial charge in [0.1, 0.15) is 5.60 Å². The van der Waals surface area contributed by atoms with Gasteiger partial charge in [0, 0.05) is 37.8 Å². The molecule has 2 heterocycles. The summed E-state index contributed by atoms with van der Waals surface area (Å²) < 4.78 is 10.4. The van der Waals surface area contributed by atoms with Gasteiger partial charge in [-0.3, -0.25) is 0 Å². The summed E-state index contributed by atoms with van der Waals surface area (Å²) in [5.41, 5.74) is 2.06. The fourth-order valence-electron chi connectivity index (χ4n) is 2.84. The van der Waals surface area contributed by atoms with E-state index in [1.165, 1.54) is 11.3 Å². The van der Waals surface area contributed by atoms with Crippen LogP contribution >= 0.6 is 11.3 Å². The average molecular weight is 471 g/mol. The SMILES string of the molecule is COCC(C)Nc1ncc(-c2ccnc(Nc3ccc(CNC(=O)OC(C)(C)C)cc3)n2)s1. The van der Waals surface area contributed by atoms with Crippen LogP contribution in [0.4, 0.5) is 21.6 Å². The van der Waals surface area contributed by atoms with Crippen molar-refractivity contribution >= 4 is 34.2 Å². The molecule has 2 aromatic heterocycles. The van der Waals surface area contributed by atoms with E-state index in [-0.39, 0.29) is 6.04 Å². The number of aromatic nitrogens is 3. The molecule has 3 rings (SSSR count). The lowest BCUT2D eigenvalue weighted by molar-refractivity contribution is 0.0523. The van der Waals surface area contributed by atoms with E-state index in [9.17, 15) is 4.79 Å². The first-order valence-electron chi connectivity index (χ1n) is 10.6. The second-order valence-corrected chi connectivity index (χ2v) is 9.50. The van der Waals surface area contributed by atoms with Gasteiger partial charge in [-0.05, 0) is 51.5 Å². The fraction of sp³-hybridized carbons (Fsp3) is 0.391. The quantitative estimate of drug-likeness (QED) is 0.408. The highest BCUT2D eigenvalue weighted by Gasteiger charge is 2.15. The molecule has 9 nitrogen and oxygen atoms in total. The third-order valence-corrected chi connectivity index (χ3v) is 5.20. The van der Waals surface area contributed by atoms with Crippen molar-refractivity contribution in [3.63, 3.8) is 0 Å². The van der Waals surface area contributed by atoms with Crippen molar-refractivity contribution in [2.75, 3.05) is 24.4 Å². The zero-order chi connectivity index (χ0) is 23.8. The first-order chi connectivity index (χ1) is 15.7. The zero-order valence-corrected chi connectivity index (χ0v) is 20.3. The van der Waals surface area contributed by atoms with Crippen LogP contribution in [-0.2, 0) is 16.0 Å². The van der Waals surface area contributed by atoms with Crippen LogP contribution in [0.5, 0.6) is 0 Å². The van der Waals surface area contributed by atoms with Crippen molar-refractivity contribution in [3.8, 4) is 10.6 Å². The van der Waals surface area contributed by atoms with Gasteiger partial charge in [-0.25, -0.2) is 19.7 Å². The first-order valence-corrected chi connectivity index (χ1v) is 11.4. The van der Waals surface area contributed by atoms with E-state index in [2.05, 4.69) is 30.9 Å². The molecular weight excluding hydrogens is 440 g/mol. The summed E-state index contributed by atoms with van der Waals surface area (Å²) in [5.74, 6) is 0.489. The molecule has 0 aliphatic heterocycles. The summed E-state index contributed by atoms with van der Waals surface area (Å²) in [6.45, 7) is 8.52. The highest BCUT2D eigenvalue weighted by molar-refractivity contribution is 7.18. The number of thiazole rings is 1. The van der Waals surface area contributed by atoms with Gasteiger partial charge in [0.25, 0.3) is 0 Å². The number of carbonyl (C=O) groups excluding carboxylic acids is 1. The Morgan fingerprint density at radius 2 is 1.91 bits per heavy atom. The summed E-state index contributed by atoms with van der Waals surface area (Å²) in [6, 6.07) is 9.69. The van der Waals surface area contributed by atoms with E-state index >= 15 is 0 Å². The largest absolute Gasteiger partial charge is 0.444 e. The number of alkyl carbamates (subject to hydrolysis) is 1. The molecule has 0 aliphatic rings. The number of hydrogen-bond acceptors (Lipinski definition) is 9. The number of amides is 1. The maximum absolute atomic E-state index is 11.8. The third kappa shape index (κ3) is 7.99. The molecule has 176 valence electrons. The summed E-state index contributed by atoms with van der Waals surface area (Å²) in [7, 11) is 1.68. The highest BCUT2D eigenvalue weighted by atomic mass is 32.1. The Morgan fingerprint density at radius 3 is 2.61 bits per heavy atom. The Morgan fingerprint density at radius 1 is 1.15 bits per heavy atom. The monoisotopic (exact) mass is 470 g/mol. The van der Waals surface area contributed by atoms with Crippen LogP contribution in [0.2, 0.25) is 0 Å². The van der Waals surface area contributed by atoms with Gasteiger partial charge in [-0.1, -0.05) is 23.5 Å². The second kappa shape index (κ2) is 11.1. The Balaban J connectivity index is 1.58. The van der Waals surface area contributed by atoms with Crippen LogP contribution in [-0.4, -0.2) is 46.4 Å². The van der Waals surface area contributed by atoms with Crippen molar-refractivity contribution in [1.29, 1.82) is 0 Å². The number of nitrogens with one attached hydrogen (secondary N) is 3. The minimum absolute atomic E-state index is 0.166. The summed E-state index contributed by atoms with van der Waals surface area (Å²) in [4.78, 5) is 26.1. The van der Waals surface area contributed by atoms with Gasteiger partial charge in [0.15, 0.2) is 5.13 Å². The maximum Gasteiger partial charge on any atom is 0.407 e. The molecule has 10 heteroatoms. The number of benzene rings is 1. The molecule has 33 heavy (non-hydrogen) atoms. The topological polar surface area (TPSA) is 110 Å². The third-order valence-electron chi connectivity index (χ3n) is 4.25. The molecule has 0 saturated carbocycles. The van der Waals surface area contributed by atoms with Crippen LogP contribution in [0.25, 0.3) is 10.6 Å². The van der Waals surface area contributed by atoms with Crippen molar-refractivity contribution in [2.45, 2.75) is 45.9 Å². The summed E-state index contributed by atoms with van der Waals surface area (Å²) in [5, 5.41) is 10.1. The lowest BCUT2D eigenvalue weighted by atomic mass is 10.2. The number of ether oxygens (including phenoxy) is 2. The Labute approximate surface area is 198 Å². The lowest BCUT2D eigenvalue weighted by Gasteiger charge is -2.19. The van der Waals surface area contributed by atoms with Crippen molar-refractivity contribution < 1.29 is 14.3 Å². The molecule has 1 atom stereocenters. The molecule has 0 spiro atoms. The normalized spacial score (nSPS) is 12.2. The smallest absolute Gasteiger partial charge is 0.407 e. The van der Waals surface area contributed by atoms with Crippen LogP contribution < -0.4 is 16.0 Å². The minimum Gasteiger partial charge on any atom is -0.444 e. The standard InChI is InChI=1S/C23H30N6O3S/c1-15(14-31-5)27-21-25-13-19(33-21)18-10-11-24-20(29-18)28-17-8-6-16(7-9-17)12-26-22(30)32-23(2,3)4/h6-11,13,15H,12,14H2,1-5H3,(H,25,27)(H,26,30)(H,24,28,29). The molecule has 0 fully saturated rings. The van der Waals surface area contributed by atoms with Crippen LogP contribution in [0.3, 0.4) is 0 Å². The molecule has 1 amide bonds. The number of hydrogen-bond donors (Lipinski definition) is 3. The molecule has 3 aromatic rings. The van der Waals surface area contributed by atoms with Crippen molar-refractivity contribution in [3.05, 3.63) is 48.3 Å². The first kappa shape index (κ1) is 24.4. The van der Waals surface area contributed by atoms with Crippen LogP contribution in [0, 0.1) is 0 Å². The van der Waals surface area contributed by atoms with Crippen LogP contribution in [0.15, 0.2) is 42.7 Å². The van der Waals surface area contributed by atoms with E-state index in [0.717, 1.165) is 27.0 Å². The van der Waals surface area contributed by atoms with Gasteiger partial charge >= 0.3 is 6.09 Å². The zero-order valence-electron chi connectivity index (χ0n) is 19.5. The van der Waals surface area contributed by atoms with Gasteiger partial charge < -0.3 is 25.4 Å². The predicted octanol–water partition coefficient (Wildman–Crippen LogP) is 4.82. The van der Waals surface area contributed by atoms with Gasteiger partial charge in [0.05, 0.1) is 17.2 Å². The van der Waals surface area contributed by atoms with Crippen molar-refractivity contribution in [2.24, 2.45) is 0 Å². The Kier molecular flexibility index (Phi) is 8.18. The van der Waals surface area contributed by atoms with E-state index in [4.69, 9.17) is 9.47 Å². The molecule has 0 radical (unpaired) electrons. The van der Waals surface area contributed by atoms with E-state index in [1.807, 2.05) is 58.0 Å². The predicted molar refractivity (Wildman–Crippen MR) is 131 cm³/mol. The second-order valence-electron chi connectivity index (χ2n) is 8.47. The summed E-state index contributed by atoms with van der Waals surface area (Å²) in [6.07, 6.45) is 3.07. The van der Waals surface area contributed by atoms with E-state index in [0.29, 0.717) is 19.1 Å². The number of rotatable bonds is 9. The van der Waals surface area contributed by atoms with Crippen LogP contribution in [0.1, 0.15) is 33.3 Å². The molecule has 1 unspecified atom stereocenters. The number of carbonyl (C=O) groups is 1. The lowest BCUT2D eigenvalue weighted by Crippen LogP contribution is -2.32. The summed E-state index contributed by atoms with van der Waals surface area (Å²) >= 11 is 1.53. The van der Waals surface area contributed by atoms with Gasteiger partial charge in [-0.15, -0.1) is 0 Å². The number of methoxy groups -OCH3 is 1. The maximum atomic E-state index is 11.8. The molecule has 0 bridgehead atoms. The molecule has 0 aliphatic carbocycles. The van der Waals surface area contributed by atoms with E-state index in [1.54, 1.807) is 19.5 Å². The Bertz CT molecular complexity index is 1050. The number of anilines is 3. The molecule has 0 saturated heterocycles.